The minimum atomic E-state index is -0.321. The average Bonchev–Trinajstić information content (AvgIpc) is 2.70. The molecule has 3 nitrogen and oxygen atoms in total. The molecule has 0 heterocycles. The Bertz CT molecular complexity index is 200. The Labute approximate surface area is 92.8 Å². The third-order valence-electron chi connectivity index (χ3n) is 3.41. The molecule has 3 N–H and O–H groups in total. The largest absolute Gasteiger partial charge is 0.352 e. The molecule has 1 aliphatic rings. The first-order valence-corrected chi connectivity index (χ1v) is 6.21. The van der Waals surface area contributed by atoms with Crippen molar-refractivity contribution in [1.29, 1.82) is 0 Å². The van der Waals surface area contributed by atoms with E-state index in [1.54, 1.807) is 0 Å². The van der Waals surface area contributed by atoms with E-state index in [1.165, 1.54) is 25.7 Å². The summed E-state index contributed by atoms with van der Waals surface area (Å²) >= 11 is 0. The average molecular weight is 212 g/mol. The zero-order chi connectivity index (χ0) is 11.3. The minimum Gasteiger partial charge on any atom is -0.352 e. The van der Waals surface area contributed by atoms with Gasteiger partial charge in [-0.3, -0.25) is 4.79 Å². The second kappa shape index (κ2) is 6.11. The summed E-state index contributed by atoms with van der Waals surface area (Å²) in [6.07, 6.45) is 6.88. The molecule has 0 radical (unpaired) electrons. The first-order chi connectivity index (χ1) is 7.15. The second-order valence-electron chi connectivity index (χ2n) is 4.74. The molecule has 1 fully saturated rings. The van der Waals surface area contributed by atoms with Crippen LogP contribution in [0.4, 0.5) is 0 Å². The predicted molar refractivity (Wildman–Crippen MR) is 62.4 cm³/mol. The third-order valence-corrected chi connectivity index (χ3v) is 3.41. The molecule has 88 valence electrons. The van der Waals surface area contributed by atoms with Crippen LogP contribution in [0, 0.1) is 5.92 Å². The summed E-state index contributed by atoms with van der Waals surface area (Å²) in [6, 6.07) is -0.0261. The molecule has 0 aromatic rings. The Hall–Kier alpha value is -0.570. The summed E-state index contributed by atoms with van der Waals surface area (Å²) in [4.78, 5) is 11.7. The molecule has 0 aromatic carbocycles. The Kier molecular flexibility index (Phi) is 5.09. The quantitative estimate of drug-likeness (QED) is 0.730. The van der Waals surface area contributed by atoms with E-state index in [0.29, 0.717) is 12.0 Å². The van der Waals surface area contributed by atoms with E-state index in [0.717, 1.165) is 12.8 Å². The standard InChI is InChI=1S/C12H24N2O/c1-3-6-11(13)12(15)14-9(2)10-7-4-5-8-10/h9-11H,3-8,13H2,1-2H3,(H,14,15)/t9-,11?/m0/s1. The van der Waals surface area contributed by atoms with E-state index in [1.807, 2.05) is 6.92 Å². The van der Waals surface area contributed by atoms with Crippen molar-refractivity contribution in [3.8, 4) is 0 Å². The lowest BCUT2D eigenvalue weighted by atomic mass is 9.99. The highest BCUT2D eigenvalue weighted by molar-refractivity contribution is 5.81. The Morgan fingerprint density at radius 3 is 2.60 bits per heavy atom. The van der Waals surface area contributed by atoms with Crippen LogP contribution in [0.2, 0.25) is 0 Å². The number of nitrogens with two attached hydrogens (primary N) is 1. The van der Waals surface area contributed by atoms with Gasteiger partial charge in [0.15, 0.2) is 0 Å². The van der Waals surface area contributed by atoms with Gasteiger partial charge in [0.1, 0.15) is 0 Å². The molecule has 15 heavy (non-hydrogen) atoms. The van der Waals surface area contributed by atoms with E-state index in [9.17, 15) is 4.79 Å². The maximum Gasteiger partial charge on any atom is 0.237 e. The van der Waals surface area contributed by atoms with E-state index < -0.39 is 0 Å². The summed E-state index contributed by atoms with van der Waals surface area (Å²) < 4.78 is 0. The van der Waals surface area contributed by atoms with Gasteiger partial charge in [0.05, 0.1) is 6.04 Å². The Balaban J connectivity index is 2.29. The van der Waals surface area contributed by atoms with Gasteiger partial charge < -0.3 is 11.1 Å². The smallest absolute Gasteiger partial charge is 0.237 e. The van der Waals surface area contributed by atoms with Crippen LogP contribution in [-0.2, 0) is 4.79 Å². The molecule has 0 saturated heterocycles. The number of rotatable bonds is 5. The SMILES string of the molecule is CCCC(N)C(=O)N[C@@H](C)C1CCCC1. The summed E-state index contributed by atoms with van der Waals surface area (Å²) in [5.74, 6) is 0.694. The number of carbonyl (C=O) groups excluding carboxylic acids is 1. The number of nitrogens with one attached hydrogen (secondary N) is 1. The maximum atomic E-state index is 11.7. The van der Waals surface area contributed by atoms with Crippen LogP contribution in [0.25, 0.3) is 0 Å². The Morgan fingerprint density at radius 1 is 1.47 bits per heavy atom. The van der Waals surface area contributed by atoms with Crippen LogP contribution in [0.15, 0.2) is 0 Å². The van der Waals surface area contributed by atoms with Gasteiger partial charge >= 0.3 is 0 Å². The summed E-state index contributed by atoms with van der Waals surface area (Å²) in [6.45, 7) is 4.15. The molecule has 0 aliphatic heterocycles. The molecule has 1 saturated carbocycles. The highest BCUT2D eigenvalue weighted by Crippen LogP contribution is 2.27. The van der Waals surface area contributed by atoms with Gasteiger partial charge in [-0.1, -0.05) is 26.2 Å². The summed E-state index contributed by atoms with van der Waals surface area (Å²) in [5.41, 5.74) is 5.76. The molecular weight excluding hydrogens is 188 g/mol. The van der Waals surface area contributed by atoms with Crippen molar-refractivity contribution in [2.24, 2.45) is 11.7 Å². The molecular formula is C12H24N2O. The Morgan fingerprint density at radius 2 is 2.07 bits per heavy atom. The van der Waals surface area contributed by atoms with Crippen molar-refractivity contribution in [1.82, 2.24) is 5.32 Å². The lowest BCUT2D eigenvalue weighted by molar-refractivity contribution is -0.123. The number of hydrogen-bond donors (Lipinski definition) is 2. The zero-order valence-corrected chi connectivity index (χ0v) is 9.96. The molecule has 0 spiro atoms. The fourth-order valence-electron chi connectivity index (χ4n) is 2.35. The number of carbonyl (C=O) groups is 1. The molecule has 1 rings (SSSR count). The van der Waals surface area contributed by atoms with E-state index >= 15 is 0 Å². The minimum absolute atomic E-state index is 0.0243. The molecule has 0 aromatic heterocycles. The summed E-state index contributed by atoms with van der Waals surface area (Å²) in [7, 11) is 0. The van der Waals surface area contributed by atoms with Crippen molar-refractivity contribution in [3.63, 3.8) is 0 Å². The molecule has 0 bridgehead atoms. The number of amides is 1. The molecule has 3 heteroatoms. The van der Waals surface area contributed by atoms with Gasteiger partial charge in [0, 0.05) is 6.04 Å². The fourth-order valence-corrected chi connectivity index (χ4v) is 2.35. The highest BCUT2D eigenvalue weighted by Gasteiger charge is 2.24. The monoisotopic (exact) mass is 212 g/mol. The van der Waals surface area contributed by atoms with Crippen LogP contribution in [-0.4, -0.2) is 18.0 Å². The van der Waals surface area contributed by atoms with Gasteiger partial charge in [-0.15, -0.1) is 0 Å². The fraction of sp³-hybridized carbons (Fsp3) is 0.917. The van der Waals surface area contributed by atoms with Gasteiger partial charge in [-0.2, -0.15) is 0 Å². The first-order valence-electron chi connectivity index (χ1n) is 6.21. The normalized spacial score (nSPS) is 21.3. The van der Waals surface area contributed by atoms with Crippen LogP contribution < -0.4 is 11.1 Å². The molecule has 1 aliphatic carbocycles. The lowest BCUT2D eigenvalue weighted by Crippen LogP contribution is -2.46. The van der Waals surface area contributed by atoms with Crippen molar-refractivity contribution >= 4 is 5.91 Å². The molecule has 2 atom stereocenters. The van der Waals surface area contributed by atoms with Gasteiger partial charge in [0.2, 0.25) is 5.91 Å². The van der Waals surface area contributed by atoms with E-state index in [4.69, 9.17) is 5.73 Å². The van der Waals surface area contributed by atoms with Gasteiger partial charge in [-0.25, -0.2) is 0 Å². The maximum absolute atomic E-state index is 11.7. The van der Waals surface area contributed by atoms with Gasteiger partial charge in [-0.05, 0) is 32.1 Å². The topological polar surface area (TPSA) is 55.1 Å². The highest BCUT2D eigenvalue weighted by atomic mass is 16.2. The van der Waals surface area contributed by atoms with Crippen LogP contribution in [0.5, 0.6) is 0 Å². The van der Waals surface area contributed by atoms with Crippen molar-refractivity contribution in [2.45, 2.75) is 64.5 Å². The second-order valence-corrected chi connectivity index (χ2v) is 4.74. The van der Waals surface area contributed by atoms with Crippen molar-refractivity contribution in [2.75, 3.05) is 0 Å². The van der Waals surface area contributed by atoms with Crippen molar-refractivity contribution in [3.05, 3.63) is 0 Å². The van der Waals surface area contributed by atoms with Crippen molar-refractivity contribution < 1.29 is 4.79 Å². The first kappa shape index (κ1) is 12.5. The predicted octanol–water partition coefficient (Wildman–Crippen LogP) is 1.81. The van der Waals surface area contributed by atoms with E-state index in [-0.39, 0.29) is 11.9 Å². The summed E-state index contributed by atoms with van der Waals surface area (Å²) in [5, 5.41) is 3.04. The van der Waals surface area contributed by atoms with E-state index in [2.05, 4.69) is 12.2 Å². The molecule has 1 amide bonds. The number of hydrogen-bond acceptors (Lipinski definition) is 2. The van der Waals surface area contributed by atoms with Crippen LogP contribution in [0.3, 0.4) is 0 Å². The lowest BCUT2D eigenvalue weighted by Gasteiger charge is -2.22. The zero-order valence-electron chi connectivity index (χ0n) is 9.96. The van der Waals surface area contributed by atoms with Crippen LogP contribution >= 0.6 is 0 Å². The molecule has 1 unspecified atom stereocenters. The van der Waals surface area contributed by atoms with Crippen LogP contribution in [0.1, 0.15) is 52.4 Å². The van der Waals surface area contributed by atoms with Gasteiger partial charge in [0.25, 0.3) is 0 Å². The third kappa shape index (κ3) is 3.82.